The van der Waals surface area contributed by atoms with Crippen LogP contribution in [-0.2, 0) is 4.74 Å². The zero-order valence-corrected chi connectivity index (χ0v) is 9.53. The molecule has 1 rings (SSSR count). The molecular weight excluding hydrogens is 211 g/mol. The number of aliphatic hydroxyl groups is 1. The molecule has 0 amide bonds. The summed E-state index contributed by atoms with van der Waals surface area (Å²) >= 11 is 0. The lowest BCUT2D eigenvalue weighted by molar-refractivity contribution is 0.0161. The fraction of sp³-hybridized carbons (Fsp3) is 0.417. The first-order valence-electron chi connectivity index (χ1n) is 4.91. The van der Waals surface area contributed by atoms with Gasteiger partial charge in [0.15, 0.2) is 0 Å². The Hall–Kier alpha value is -1.42. The van der Waals surface area contributed by atoms with E-state index in [2.05, 4.69) is 4.74 Å². The normalized spacial score (nSPS) is 13.3. The quantitative estimate of drug-likeness (QED) is 0.804. The highest BCUT2D eigenvalue weighted by atomic mass is 19.1. The number of methoxy groups -OCH3 is 1. The number of hydrogen-bond donors (Lipinski definition) is 1. The predicted octanol–water partition coefficient (Wildman–Crippen LogP) is 2.25. The number of hydrogen-bond acceptors (Lipinski definition) is 3. The van der Waals surface area contributed by atoms with E-state index in [1.165, 1.54) is 45.2 Å². The van der Waals surface area contributed by atoms with Crippen molar-refractivity contribution in [3.8, 4) is 0 Å². The summed E-state index contributed by atoms with van der Waals surface area (Å²) in [5.41, 5.74) is -0.914. The van der Waals surface area contributed by atoms with Gasteiger partial charge in [0.25, 0.3) is 0 Å². The maximum absolute atomic E-state index is 13.5. The van der Waals surface area contributed by atoms with Gasteiger partial charge < -0.3 is 9.84 Å². The lowest BCUT2D eigenvalue weighted by Crippen LogP contribution is -2.23. The van der Waals surface area contributed by atoms with Gasteiger partial charge in [0.05, 0.1) is 12.7 Å². The number of carbonyl (C=O) groups excluding carboxylic acids is 1. The van der Waals surface area contributed by atoms with Crippen molar-refractivity contribution in [2.75, 3.05) is 7.11 Å². The third-order valence-corrected chi connectivity index (χ3v) is 2.30. The fourth-order valence-corrected chi connectivity index (χ4v) is 1.32. The zero-order chi connectivity index (χ0) is 12.3. The SMILES string of the molecule is COC(=O)c1ccc(C(O)C(C)(C)F)cc1. The van der Waals surface area contributed by atoms with E-state index >= 15 is 0 Å². The number of halogens is 1. The van der Waals surface area contributed by atoms with Crippen LogP contribution in [0.1, 0.15) is 35.9 Å². The van der Waals surface area contributed by atoms with Crippen molar-refractivity contribution in [2.45, 2.75) is 25.6 Å². The molecule has 4 heteroatoms. The van der Waals surface area contributed by atoms with Gasteiger partial charge in [0.1, 0.15) is 11.8 Å². The number of aliphatic hydroxyl groups excluding tert-OH is 1. The third kappa shape index (κ3) is 2.79. The molecule has 0 aliphatic rings. The lowest BCUT2D eigenvalue weighted by Gasteiger charge is -2.22. The molecule has 0 aliphatic carbocycles. The maximum Gasteiger partial charge on any atom is 0.337 e. The molecule has 1 aromatic rings. The van der Waals surface area contributed by atoms with E-state index in [-0.39, 0.29) is 0 Å². The molecule has 0 heterocycles. The summed E-state index contributed by atoms with van der Waals surface area (Å²) in [5, 5.41) is 9.65. The minimum atomic E-state index is -1.72. The topological polar surface area (TPSA) is 46.5 Å². The fourth-order valence-electron chi connectivity index (χ4n) is 1.32. The molecule has 0 radical (unpaired) electrons. The Morgan fingerprint density at radius 2 is 1.88 bits per heavy atom. The van der Waals surface area contributed by atoms with Crippen molar-refractivity contribution in [2.24, 2.45) is 0 Å². The van der Waals surface area contributed by atoms with Crippen molar-refractivity contribution in [1.29, 1.82) is 0 Å². The van der Waals surface area contributed by atoms with Crippen molar-refractivity contribution in [3.05, 3.63) is 35.4 Å². The van der Waals surface area contributed by atoms with Gasteiger partial charge in [-0.2, -0.15) is 0 Å². The first-order valence-corrected chi connectivity index (χ1v) is 4.91. The van der Waals surface area contributed by atoms with Crippen LogP contribution >= 0.6 is 0 Å². The number of rotatable bonds is 3. The first kappa shape index (κ1) is 12.6. The average molecular weight is 226 g/mol. The molecule has 1 atom stereocenters. The monoisotopic (exact) mass is 226 g/mol. The molecule has 0 saturated carbocycles. The number of esters is 1. The van der Waals surface area contributed by atoms with Crippen molar-refractivity contribution in [3.63, 3.8) is 0 Å². The Bertz CT molecular complexity index is 365. The van der Waals surface area contributed by atoms with Crippen molar-refractivity contribution < 1.29 is 19.0 Å². The van der Waals surface area contributed by atoms with Crippen LogP contribution in [0, 0.1) is 0 Å². The van der Waals surface area contributed by atoms with E-state index in [0.29, 0.717) is 11.1 Å². The van der Waals surface area contributed by atoms with E-state index in [4.69, 9.17) is 0 Å². The van der Waals surface area contributed by atoms with Crippen LogP contribution in [0.4, 0.5) is 4.39 Å². The second-order valence-corrected chi connectivity index (χ2v) is 4.08. The van der Waals surface area contributed by atoms with E-state index in [1.807, 2.05) is 0 Å². The Labute approximate surface area is 93.9 Å². The second-order valence-electron chi connectivity index (χ2n) is 4.08. The number of alkyl halides is 1. The van der Waals surface area contributed by atoms with E-state index in [1.54, 1.807) is 0 Å². The van der Waals surface area contributed by atoms with E-state index < -0.39 is 17.7 Å². The minimum Gasteiger partial charge on any atom is -0.465 e. The van der Waals surface area contributed by atoms with Crippen LogP contribution in [0.15, 0.2) is 24.3 Å². The highest BCUT2D eigenvalue weighted by molar-refractivity contribution is 5.89. The second kappa shape index (κ2) is 4.61. The molecule has 0 fully saturated rings. The van der Waals surface area contributed by atoms with Gasteiger partial charge in [-0.05, 0) is 31.5 Å². The summed E-state index contributed by atoms with van der Waals surface area (Å²) < 4.78 is 18.0. The maximum atomic E-state index is 13.5. The summed E-state index contributed by atoms with van der Waals surface area (Å²) in [5.74, 6) is -0.458. The molecule has 1 aromatic carbocycles. The van der Waals surface area contributed by atoms with Gasteiger partial charge in [-0.1, -0.05) is 12.1 Å². The highest BCUT2D eigenvalue weighted by Gasteiger charge is 2.28. The highest BCUT2D eigenvalue weighted by Crippen LogP contribution is 2.28. The van der Waals surface area contributed by atoms with Gasteiger partial charge in [-0.25, -0.2) is 9.18 Å². The largest absolute Gasteiger partial charge is 0.465 e. The zero-order valence-electron chi connectivity index (χ0n) is 9.53. The molecule has 16 heavy (non-hydrogen) atoms. The molecule has 3 nitrogen and oxygen atoms in total. The Morgan fingerprint density at radius 1 is 1.38 bits per heavy atom. The van der Waals surface area contributed by atoms with Crippen molar-refractivity contribution in [1.82, 2.24) is 0 Å². The molecule has 0 bridgehead atoms. The van der Waals surface area contributed by atoms with Crippen LogP contribution < -0.4 is 0 Å². The van der Waals surface area contributed by atoms with Gasteiger partial charge in [-0.3, -0.25) is 0 Å². The van der Waals surface area contributed by atoms with Crippen LogP contribution in [0.25, 0.3) is 0 Å². The van der Waals surface area contributed by atoms with Gasteiger partial charge in [0, 0.05) is 0 Å². The Morgan fingerprint density at radius 3 is 2.25 bits per heavy atom. The Balaban J connectivity index is 2.91. The predicted molar refractivity (Wildman–Crippen MR) is 57.9 cm³/mol. The number of carbonyl (C=O) groups is 1. The van der Waals surface area contributed by atoms with E-state index in [0.717, 1.165) is 0 Å². The molecule has 0 aromatic heterocycles. The minimum absolute atomic E-state index is 0.370. The van der Waals surface area contributed by atoms with Crippen LogP contribution in [0.2, 0.25) is 0 Å². The van der Waals surface area contributed by atoms with Gasteiger partial charge in [-0.15, -0.1) is 0 Å². The van der Waals surface area contributed by atoms with Crippen LogP contribution in [0.5, 0.6) is 0 Å². The summed E-state index contributed by atoms with van der Waals surface area (Å²) in [6.45, 7) is 2.60. The smallest absolute Gasteiger partial charge is 0.337 e. The van der Waals surface area contributed by atoms with Gasteiger partial charge in [0.2, 0.25) is 0 Å². The van der Waals surface area contributed by atoms with Gasteiger partial charge >= 0.3 is 5.97 Å². The van der Waals surface area contributed by atoms with Crippen molar-refractivity contribution >= 4 is 5.97 Å². The Kier molecular flexibility index (Phi) is 3.65. The summed E-state index contributed by atoms with van der Waals surface area (Å²) in [7, 11) is 1.29. The van der Waals surface area contributed by atoms with E-state index in [9.17, 15) is 14.3 Å². The first-order chi connectivity index (χ1) is 7.36. The number of ether oxygens (including phenoxy) is 1. The molecule has 1 unspecified atom stereocenters. The third-order valence-electron chi connectivity index (χ3n) is 2.30. The molecule has 0 aliphatic heterocycles. The molecule has 88 valence electrons. The average Bonchev–Trinajstić information content (AvgIpc) is 2.26. The molecule has 0 saturated heterocycles. The summed E-state index contributed by atoms with van der Waals surface area (Å²) in [4.78, 5) is 11.1. The molecular formula is C12H15FO3. The molecule has 0 spiro atoms. The summed E-state index contributed by atoms with van der Waals surface area (Å²) in [6, 6.07) is 6.02. The standard InChI is InChI=1S/C12H15FO3/c1-12(2,13)10(14)8-4-6-9(7-5-8)11(15)16-3/h4-7,10,14H,1-3H3. The lowest BCUT2D eigenvalue weighted by atomic mass is 9.96. The summed E-state index contributed by atoms with van der Waals surface area (Å²) in [6.07, 6.45) is -1.21. The van der Waals surface area contributed by atoms with Crippen LogP contribution in [-0.4, -0.2) is 23.9 Å². The molecule has 1 N–H and O–H groups in total. The number of benzene rings is 1. The van der Waals surface area contributed by atoms with Crippen LogP contribution in [0.3, 0.4) is 0 Å².